The zero-order valence-electron chi connectivity index (χ0n) is 16.6. The van der Waals surface area contributed by atoms with E-state index in [0.717, 1.165) is 24.4 Å². The normalized spacial score (nSPS) is 10.6. The predicted octanol–water partition coefficient (Wildman–Crippen LogP) is 3.03. The van der Waals surface area contributed by atoms with Gasteiger partial charge in [0.05, 0.1) is 7.11 Å². The van der Waals surface area contributed by atoms with Crippen LogP contribution in [0.2, 0.25) is 0 Å². The minimum Gasteiger partial charge on any atom is -0.497 e. The molecule has 0 aromatic heterocycles. The lowest BCUT2D eigenvalue weighted by molar-refractivity contribution is -0.119. The number of aliphatic imine (C=N–C) groups is 1. The lowest BCUT2D eigenvalue weighted by atomic mass is 10.2. The van der Waals surface area contributed by atoms with Crippen LogP contribution >= 0.6 is 24.0 Å². The first-order valence-electron chi connectivity index (χ1n) is 9.05. The summed E-state index contributed by atoms with van der Waals surface area (Å²) in [7, 11) is 3.59. The van der Waals surface area contributed by atoms with E-state index in [0.29, 0.717) is 12.5 Å². The summed E-state index contributed by atoms with van der Waals surface area (Å²) in [5.41, 5.74) is 2.20. The molecule has 0 atom stereocenters. The van der Waals surface area contributed by atoms with Crippen molar-refractivity contribution in [3.63, 3.8) is 0 Å². The lowest BCUT2D eigenvalue weighted by Crippen LogP contribution is -2.39. The molecule has 2 rings (SSSR count). The van der Waals surface area contributed by atoms with Gasteiger partial charge >= 0.3 is 0 Å². The summed E-state index contributed by atoms with van der Waals surface area (Å²) in [5, 5.41) is 6.12. The summed E-state index contributed by atoms with van der Waals surface area (Å²) >= 11 is 0. The SMILES string of the molecule is CCNC(=NCC(=O)NCc1ccc(OC)cc1)N(C)Cc1ccccc1.I. The van der Waals surface area contributed by atoms with Gasteiger partial charge in [-0.2, -0.15) is 0 Å². The number of nitrogens with zero attached hydrogens (tertiary/aromatic N) is 2. The molecule has 2 N–H and O–H groups in total. The number of ether oxygens (including phenoxy) is 1. The van der Waals surface area contributed by atoms with Crippen LogP contribution in [0, 0.1) is 0 Å². The van der Waals surface area contributed by atoms with Gasteiger partial charge in [0.25, 0.3) is 0 Å². The highest BCUT2D eigenvalue weighted by atomic mass is 127. The Kier molecular flexibility index (Phi) is 11.0. The lowest BCUT2D eigenvalue weighted by Gasteiger charge is -2.22. The van der Waals surface area contributed by atoms with Gasteiger partial charge in [-0.3, -0.25) is 4.79 Å². The van der Waals surface area contributed by atoms with Gasteiger partial charge in [-0.15, -0.1) is 24.0 Å². The largest absolute Gasteiger partial charge is 0.497 e. The number of carbonyl (C=O) groups is 1. The second-order valence-corrected chi connectivity index (χ2v) is 6.14. The number of methoxy groups -OCH3 is 1. The van der Waals surface area contributed by atoms with Gasteiger partial charge in [-0.25, -0.2) is 4.99 Å². The minimum absolute atomic E-state index is 0. The fourth-order valence-electron chi connectivity index (χ4n) is 2.55. The molecule has 0 saturated carbocycles. The van der Waals surface area contributed by atoms with Gasteiger partial charge in [-0.05, 0) is 30.2 Å². The smallest absolute Gasteiger partial charge is 0.242 e. The van der Waals surface area contributed by atoms with Gasteiger partial charge in [-0.1, -0.05) is 42.5 Å². The topological polar surface area (TPSA) is 66.0 Å². The van der Waals surface area contributed by atoms with Gasteiger partial charge in [0, 0.05) is 26.7 Å². The average Bonchev–Trinajstić information content (AvgIpc) is 2.70. The molecule has 0 bridgehead atoms. The van der Waals surface area contributed by atoms with Crippen LogP contribution < -0.4 is 15.4 Å². The second kappa shape index (κ2) is 13.0. The highest BCUT2D eigenvalue weighted by molar-refractivity contribution is 14.0. The van der Waals surface area contributed by atoms with E-state index in [-0.39, 0.29) is 36.4 Å². The average molecular weight is 496 g/mol. The fourth-order valence-corrected chi connectivity index (χ4v) is 2.55. The Morgan fingerprint density at radius 3 is 2.32 bits per heavy atom. The van der Waals surface area contributed by atoms with Gasteiger partial charge in [0.15, 0.2) is 5.96 Å². The van der Waals surface area contributed by atoms with Crippen molar-refractivity contribution < 1.29 is 9.53 Å². The van der Waals surface area contributed by atoms with E-state index in [1.54, 1.807) is 7.11 Å². The Balaban J connectivity index is 0.00000392. The third-order valence-corrected chi connectivity index (χ3v) is 3.98. The van der Waals surface area contributed by atoms with E-state index < -0.39 is 0 Å². The Labute approximate surface area is 184 Å². The van der Waals surface area contributed by atoms with E-state index >= 15 is 0 Å². The Hall–Kier alpha value is -2.29. The molecule has 0 saturated heterocycles. The summed E-state index contributed by atoms with van der Waals surface area (Å²) in [6.07, 6.45) is 0. The molecule has 7 heteroatoms. The van der Waals surface area contributed by atoms with Gasteiger partial charge in [0.2, 0.25) is 5.91 Å². The van der Waals surface area contributed by atoms with Crippen molar-refractivity contribution in [1.29, 1.82) is 0 Å². The number of benzene rings is 2. The zero-order chi connectivity index (χ0) is 19.5. The summed E-state index contributed by atoms with van der Waals surface area (Å²) in [6, 6.07) is 17.8. The molecule has 0 unspecified atom stereocenters. The van der Waals surface area contributed by atoms with Crippen LogP contribution in [0.15, 0.2) is 59.6 Å². The van der Waals surface area contributed by atoms with Crippen molar-refractivity contribution in [2.24, 2.45) is 4.99 Å². The van der Waals surface area contributed by atoms with Crippen molar-refractivity contribution in [2.45, 2.75) is 20.0 Å². The highest BCUT2D eigenvalue weighted by Crippen LogP contribution is 2.10. The van der Waals surface area contributed by atoms with Crippen LogP contribution in [0.4, 0.5) is 0 Å². The molecular formula is C21H29IN4O2. The molecule has 0 aliphatic rings. The summed E-state index contributed by atoms with van der Waals surface area (Å²) in [4.78, 5) is 18.6. The molecular weight excluding hydrogens is 467 g/mol. The fraction of sp³-hybridized carbons (Fsp3) is 0.333. The number of carbonyl (C=O) groups excluding carboxylic acids is 1. The number of nitrogens with one attached hydrogen (secondary N) is 2. The van der Waals surface area contributed by atoms with Crippen LogP contribution in [0.3, 0.4) is 0 Å². The predicted molar refractivity (Wildman–Crippen MR) is 124 cm³/mol. The molecule has 0 fully saturated rings. The number of halogens is 1. The number of hydrogen-bond donors (Lipinski definition) is 2. The maximum Gasteiger partial charge on any atom is 0.242 e. The van der Waals surface area contributed by atoms with E-state index in [1.165, 1.54) is 5.56 Å². The maximum absolute atomic E-state index is 12.1. The molecule has 0 radical (unpaired) electrons. The number of guanidine groups is 1. The molecule has 2 aromatic carbocycles. The molecule has 0 heterocycles. The standard InChI is InChI=1S/C21H28N4O2.HI/c1-4-22-21(25(2)16-18-8-6-5-7-9-18)24-15-20(26)23-14-17-10-12-19(27-3)13-11-17;/h5-13H,4,14-16H2,1-3H3,(H,22,24)(H,23,26);1H. The zero-order valence-corrected chi connectivity index (χ0v) is 19.0. The first-order valence-corrected chi connectivity index (χ1v) is 9.05. The van der Waals surface area contributed by atoms with Crippen molar-refractivity contribution in [2.75, 3.05) is 27.2 Å². The summed E-state index contributed by atoms with van der Waals surface area (Å²) < 4.78 is 5.13. The third kappa shape index (κ3) is 8.16. The second-order valence-electron chi connectivity index (χ2n) is 6.14. The van der Waals surface area contributed by atoms with Crippen molar-refractivity contribution in [3.8, 4) is 5.75 Å². The van der Waals surface area contributed by atoms with E-state index in [2.05, 4.69) is 27.8 Å². The first-order chi connectivity index (χ1) is 13.1. The van der Waals surface area contributed by atoms with E-state index in [9.17, 15) is 4.79 Å². The molecule has 0 aliphatic heterocycles. The maximum atomic E-state index is 12.1. The van der Waals surface area contributed by atoms with E-state index in [1.807, 2.05) is 61.3 Å². The third-order valence-electron chi connectivity index (χ3n) is 3.98. The highest BCUT2D eigenvalue weighted by Gasteiger charge is 2.08. The van der Waals surface area contributed by atoms with Crippen LogP contribution in [0.25, 0.3) is 0 Å². The number of hydrogen-bond acceptors (Lipinski definition) is 3. The van der Waals surface area contributed by atoms with Crippen molar-refractivity contribution >= 4 is 35.8 Å². The van der Waals surface area contributed by atoms with Crippen LogP contribution in [-0.2, 0) is 17.9 Å². The number of rotatable bonds is 8. The van der Waals surface area contributed by atoms with Crippen LogP contribution in [-0.4, -0.2) is 44.0 Å². The Morgan fingerprint density at radius 2 is 1.71 bits per heavy atom. The molecule has 28 heavy (non-hydrogen) atoms. The Bertz CT molecular complexity index is 736. The summed E-state index contributed by atoms with van der Waals surface area (Å²) in [6.45, 7) is 4.02. The first kappa shape index (κ1) is 23.7. The number of amides is 1. The van der Waals surface area contributed by atoms with Crippen LogP contribution in [0.5, 0.6) is 5.75 Å². The quantitative estimate of drug-likeness (QED) is 0.335. The van der Waals surface area contributed by atoms with Crippen molar-refractivity contribution in [3.05, 3.63) is 65.7 Å². The van der Waals surface area contributed by atoms with Gasteiger partial charge in [0.1, 0.15) is 12.3 Å². The molecule has 2 aromatic rings. The molecule has 1 amide bonds. The van der Waals surface area contributed by atoms with E-state index in [4.69, 9.17) is 4.74 Å². The van der Waals surface area contributed by atoms with Gasteiger partial charge < -0.3 is 20.3 Å². The minimum atomic E-state index is -0.116. The van der Waals surface area contributed by atoms with Crippen molar-refractivity contribution in [1.82, 2.24) is 15.5 Å². The molecule has 152 valence electrons. The molecule has 0 aliphatic carbocycles. The molecule has 6 nitrogen and oxygen atoms in total. The summed E-state index contributed by atoms with van der Waals surface area (Å²) in [5.74, 6) is 1.39. The Morgan fingerprint density at radius 1 is 1.04 bits per heavy atom. The van der Waals surface area contributed by atoms with Crippen LogP contribution in [0.1, 0.15) is 18.1 Å². The monoisotopic (exact) mass is 496 g/mol. The molecule has 0 spiro atoms.